The van der Waals surface area contributed by atoms with Crippen molar-refractivity contribution in [3.8, 4) is 6.07 Å². The number of aryl methyl sites for hydroxylation is 3. The second-order valence-electron chi connectivity index (χ2n) is 8.37. The number of hydrogen-bond acceptors (Lipinski definition) is 4. The van der Waals surface area contributed by atoms with Crippen LogP contribution in [0.4, 0.5) is 5.69 Å². The lowest BCUT2D eigenvalue weighted by atomic mass is 9.82. The average Bonchev–Trinajstić information content (AvgIpc) is 2.81. The monoisotopic (exact) mass is 441 g/mol. The molecule has 0 bridgehead atoms. The highest BCUT2D eigenvalue weighted by molar-refractivity contribution is 7.99. The third kappa shape index (κ3) is 5.20. The summed E-state index contributed by atoms with van der Waals surface area (Å²) in [6, 6.07) is 20.9. The summed E-state index contributed by atoms with van der Waals surface area (Å²) in [5.41, 5.74) is 7.26. The van der Waals surface area contributed by atoms with Crippen molar-refractivity contribution in [2.45, 2.75) is 50.5 Å². The Morgan fingerprint density at radius 3 is 2.78 bits per heavy atom. The largest absolute Gasteiger partial charge is 0.326 e. The van der Waals surface area contributed by atoms with Gasteiger partial charge in [-0.1, -0.05) is 42.5 Å². The van der Waals surface area contributed by atoms with Gasteiger partial charge >= 0.3 is 0 Å². The minimum atomic E-state index is -0.0200. The molecule has 1 unspecified atom stereocenters. The normalized spacial score (nSPS) is 15.0. The van der Waals surface area contributed by atoms with Crippen LogP contribution in [0, 0.1) is 25.2 Å². The predicted octanol–water partition coefficient (Wildman–Crippen LogP) is 5.96. The Morgan fingerprint density at radius 2 is 2.00 bits per heavy atom. The molecule has 1 aliphatic carbocycles. The minimum absolute atomic E-state index is 0.0200. The number of amides is 1. The molecule has 32 heavy (non-hydrogen) atoms. The number of thioether (sulfide) groups is 1. The van der Waals surface area contributed by atoms with Gasteiger partial charge in [0.05, 0.1) is 5.56 Å². The first-order valence-electron chi connectivity index (χ1n) is 11.0. The van der Waals surface area contributed by atoms with E-state index >= 15 is 0 Å². The lowest BCUT2D eigenvalue weighted by Crippen LogP contribution is -2.15. The van der Waals surface area contributed by atoms with E-state index < -0.39 is 0 Å². The summed E-state index contributed by atoms with van der Waals surface area (Å²) in [6.07, 6.45) is 3.28. The standard InChI is InChI=1S/C27H27N3OS/c1-18-8-9-19(2)25(14-18)29-26(31)12-13-32-27-23(17-28)16-22-15-21(10-11-24(22)30-27)20-6-4-3-5-7-20/h3-9,14,16,21H,10-13,15H2,1-2H3,(H,29,31). The first-order chi connectivity index (χ1) is 15.5. The van der Waals surface area contributed by atoms with Gasteiger partial charge in [0.15, 0.2) is 0 Å². The van der Waals surface area contributed by atoms with Gasteiger partial charge < -0.3 is 5.32 Å². The smallest absolute Gasteiger partial charge is 0.225 e. The van der Waals surface area contributed by atoms with E-state index in [1.54, 1.807) is 0 Å². The maximum Gasteiger partial charge on any atom is 0.225 e. The van der Waals surface area contributed by atoms with Crippen LogP contribution in [0.5, 0.6) is 0 Å². The Morgan fingerprint density at radius 1 is 1.19 bits per heavy atom. The number of anilines is 1. The number of nitrogens with one attached hydrogen (secondary N) is 1. The van der Waals surface area contributed by atoms with Crippen LogP contribution in [0.25, 0.3) is 0 Å². The third-order valence-corrected chi connectivity index (χ3v) is 6.97. The number of rotatable bonds is 6. The van der Waals surface area contributed by atoms with Crippen LogP contribution in [0.2, 0.25) is 0 Å². The number of aromatic nitrogens is 1. The van der Waals surface area contributed by atoms with Gasteiger partial charge in [-0.2, -0.15) is 5.26 Å². The summed E-state index contributed by atoms with van der Waals surface area (Å²) >= 11 is 1.49. The number of carbonyl (C=O) groups is 1. The van der Waals surface area contributed by atoms with E-state index in [9.17, 15) is 10.1 Å². The van der Waals surface area contributed by atoms with E-state index in [4.69, 9.17) is 4.98 Å². The zero-order valence-corrected chi connectivity index (χ0v) is 19.3. The van der Waals surface area contributed by atoms with Crippen molar-refractivity contribution < 1.29 is 4.79 Å². The van der Waals surface area contributed by atoms with Gasteiger partial charge in [-0.05, 0) is 73.4 Å². The van der Waals surface area contributed by atoms with Crippen molar-refractivity contribution in [1.82, 2.24) is 4.98 Å². The first-order valence-corrected chi connectivity index (χ1v) is 12.0. The van der Waals surface area contributed by atoms with Gasteiger partial charge in [0.25, 0.3) is 0 Å². The molecule has 0 saturated heterocycles. The van der Waals surface area contributed by atoms with E-state index in [1.165, 1.54) is 22.9 Å². The van der Waals surface area contributed by atoms with Crippen LogP contribution >= 0.6 is 11.8 Å². The van der Waals surface area contributed by atoms with Gasteiger partial charge in [-0.15, -0.1) is 11.8 Å². The molecule has 0 aliphatic heterocycles. The molecular formula is C27H27N3OS. The molecular weight excluding hydrogens is 414 g/mol. The zero-order chi connectivity index (χ0) is 22.5. The Kier molecular flexibility index (Phi) is 6.92. The summed E-state index contributed by atoms with van der Waals surface area (Å²) in [4.78, 5) is 17.2. The van der Waals surface area contributed by atoms with Crippen LogP contribution < -0.4 is 5.32 Å². The van der Waals surface area contributed by atoms with E-state index in [0.717, 1.165) is 46.8 Å². The number of fused-ring (bicyclic) bond motifs is 1. The van der Waals surface area contributed by atoms with Crippen molar-refractivity contribution in [2.24, 2.45) is 0 Å². The van der Waals surface area contributed by atoms with E-state index in [1.807, 2.05) is 44.2 Å². The fourth-order valence-electron chi connectivity index (χ4n) is 4.17. The van der Waals surface area contributed by atoms with Crippen molar-refractivity contribution in [2.75, 3.05) is 11.1 Å². The van der Waals surface area contributed by atoms with Crippen LogP contribution in [-0.4, -0.2) is 16.6 Å². The Labute approximate surface area is 194 Å². The molecule has 0 fully saturated rings. The number of pyridine rings is 1. The molecule has 162 valence electrons. The van der Waals surface area contributed by atoms with Crippen LogP contribution in [0.15, 0.2) is 59.6 Å². The van der Waals surface area contributed by atoms with Crippen molar-refractivity contribution in [1.29, 1.82) is 5.26 Å². The zero-order valence-electron chi connectivity index (χ0n) is 18.5. The SMILES string of the molecule is Cc1ccc(C)c(NC(=O)CCSc2nc3c(cc2C#N)CC(c2ccccc2)CC3)c1. The molecule has 1 amide bonds. The summed E-state index contributed by atoms with van der Waals surface area (Å²) in [6.45, 7) is 4.00. The lowest BCUT2D eigenvalue weighted by molar-refractivity contribution is -0.115. The van der Waals surface area contributed by atoms with Crippen molar-refractivity contribution in [3.05, 3.63) is 88.1 Å². The van der Waals surface area contributed by atoms with Crippen molar-refractivity contribution >= 4 is 23.4 Å². The van der Waals surface area contributed by atoms with Crippen LogP contribution in [-0.2, 0) is 17.6 Å². The molecule has 1 N–H and O–H groups in total. The second-order valence-corrected chi connectivity index (χ2v) is 9.46. The maximum absolute atomic E-state index is 12.4. The molecule has 5 heteroatoms. The number of nitriles is 1. The summed E-state index contributed by atoms with van der Waals surface area (Å²) in [5.74, 6) is 1.04. The second kappa shape index (κ2) is 10.0. The predicted molar refractivity (Wildman–Crippen MR) is 130 cm³/mol. The number of hydrogen-bond donors (Lipinski definition) is 1. The molecule has 3 aromatic rings. The van der Waals surface area contributed by atoms with Gasteiger partial charge in [0.1, 0.15) is 11.1 Å². The maximum atomic E-state index is 12.4. The number of carbonyl (C=O) groups excluding carboxylic acids is 1. The Balaban J connectivity index is 1.39. The lowest BCUT2D eigenvalue weighted by Gasteiger charge is -2.25. The molecule has 1 aliphatic rings. The molecule has 1 atom stereocenters. The van der Waals surface area contributed by atoms with Crippen LogP contribution in [0.3, 0.4) is 0 Å². The van der Waals surface area contributed by atoms with E-state index in [-0.39, 0.29) is 5.91 Å². The molecule has 4 rings (SSSR count). The molecule has 4 nitrogen and oxygen atoms in total. The summed E-state index contributed by atoms with van der Waals surface area (Å²) in [7, 11) is 0. The molecule has 2 aromatic carbocycles. The highest BCUT2D eigenvalue weighted by Crippen LogP contribution is 2.34. The number of benzene rings is 2. The topological polar surface area (TPSA) is 65.8 Å². The Hall–Kier alpha value is -3.10. The van der Waals surface area contributed by atoms with Crippen molar-refractivity contribution in [3.63, 3.8) is 0 Å². The Bertz CT molecular complexity index is 1170. The summed E-state index contributed by atoms with van der Waals surface area (Å²) in [5, 5.41) is 13.4. The highest BCUT2D eigenvalue weighted by atomic mass is 32.2. The first kappa shape index (κ1) is 22.1. The molecule has 1 aromatic heterocycles. The molecule has 0 saturated carbocycles. The third-order valence-electron chi connectivity index (χ3n) is 5.98. The quantitative estimate of drug-likeness (QED) is 0.479. The molecule has 0 spiro atoms. The van der Waals surface area contributed by atoms with E-state index in [2.05, 4.69) is 35.7 Å². The summed E-state index contributed by atoms with van der Waals surface area (Å²) < 4.78 is 0. The fourth-order valence-corrected chi connectivity index (χ4v) is 5.08. The van der Waals surface area contributed by atoms with Gasteiger partial charge in [0.2, 0.25) is 5.91 Å². The van der Waals surface area contributed by atoms with Gasteiger partial charge in [-0.25, -0.2) is 4.98 Å². The van der Waals surface area contributed by atoms with E-state index in [0.29, 0.717) is 23.7 Å². The van der Waals surface area contributed by atoms with Gasteiger partial charge in [0, 0.05) is 23.6 Å². The number of nitrogens with zero attached hydrogens (tertiary/aromatic N) is 2. The highest BCUT2D eigenvalue weighted by Gasteiger charge is 2.23. The fraction of sp³-hybridized carbons (Fsp3) is 0.296. The average molecular weight is 442 g/mol. The molecule has 1 heterocycles. The van der Waals surface area contributed by atoms with Crippen LogP contribution in [0.1, 0.15) is 52.3 Å². The minimum Gasteiger partial charge on any atom is -0.326 e. The van der Waals surface area contributed by atoms with Gasteiger partial charge in [-0.3, -0.25) is 4.79 Å². The molecule has 0 radical (unpaired) electrons.